The fourth-order valence-corrected chi connectivity index (χ4v) is 5.93. The normalized spacial score (nSPS) is 10.9. The Morgan fingerprint density at radius 2 is 0.947 bits per heavy atom. The van der Waals surface area contributed by atoms with Crippen LogP contribution in [0.4, 0.5) is 0 Å². The Morgan fingerprint density at radius 3 is 1.21 bits per heavy atom. The first-order chi connectivity index (χ1) is 9.35. The monoisotopic (exact) mass is 342 g/mol. The van der Waals surface area contributed by atoms with E-state index < -0.39 is 15.1 Å². The van der Waals surface area contributed by atoms with Gasteiger partial charge < -0.3 is 9.70 Å². The summed E-state index contributed by atoms with van der Waals surface area (Å²) in [4.78, 5) is 0. The smallest absolute Gasteiger partial charge is 0.387 e. The molecule has 0 N–H and O–H groups in total. The zero-order valence-corrected chi connectivity index (χ0v) is 16.0. The lowest BCUT2D eigenvalue weighted by Gasteiger charge is -2.10. The molecule has 0 saturated heterocycles. The molecule has 0 aromatic heterocycles. The van der Waals surface area contributed by atoms with Gasteiger partial charge in [-0.05, 0) is 55.4 Å². The lowest BCUT2D eigenvalue weighted by molar-refractivity contribution is 0.378. The quantitative estimate of drug-likeness (QED) is 0.226. The second-order valence-electron chi connectivity index (χ2n) is 4.10. The van der Waals surface area contributed by atoms with E-state index in [0.29, 0.717) is 0 Å². The van der Waals surface area contributed by atoms with E-state index in [-0.39, 0.29) is 0 Å². The van der Waals surface area contributed by atoms with Gasteiger partial charge >= 0.3 is 15.1 Å². The van der Waals surface area contributed by atoms with E-state index >= 15 is 0 Å². The number of unbranched alkanes of at least 4 members (excludes halogenated alkanes) is 3. The lowest BCUT2D eigenvalue weighted by atomic mass is 10.4. The van der Waals surface area contributed by atoms with Crippen LogP contribution in [0, 0.1) is 0 Å². The van der Waals surface area contributed by atoms with Crippen LogP contribution >= 0.6 is 36.1 Å². The van der Waals surface area contributed by atoms with Gasteiger partial charge in [-0.25, -0.2) is 0 Å². The largest absolute Gasteiger partial charge is 0.941 e. The molecule has 0 saturated carbocycles. The number of rotatable bonds is 15. The molecule has 0 fully saturated rings. The Bertz CT molecular complexity index is 150. The molecule has 0 heterocycles. The highest BCUT2D eigenvalue weighted by Crippen LogP contribution is 2.19. The third-order valence-corrected chi connectivity index (χ3v) is 7.07. The molecule has 7 heteroatoms. The molecule has 0 aromatic carbocycles. The van der Waals surface area contributed by atoms with Crippen LogP contribution in [0.3, 0.4) is 0 Å². The van der Waals surface area contributed by atoms with E-state index in [2.05, 4.69) is 20.8 Å². The Morgan fingerprint density at radius 1 is 0.632 bits per heavy atom. The fraction of sp³-hybridized carbons (Fsp3) is 1.00. The summed E-state index contributed by atoms with van der Waals surface area (Å²) in [6, 6.07) is 0. The average Bonchev–Trinajstić information content (AvgIpc) is 2.43. The van der Waals surface area contributed by atoms with Gasteiger partial charge in [0, 0.05) is 17.3 Å². The summed E-state index contributed by atoms with van der Waals surface area (Å²) in [6.45, 7) is 6.55. The van der Waals surface area contributed by atoms with Crippen molar-refractivity contribution >= 4 is 51.3 Å². The minimum absolute atomic E-state index is 1.02. The van der Waals surface area contributed by atoms with Gasteiger partial charge in [-0.2, -0.15) is 0 Å². The van der Waals surface area contributed by atoms with Gasteiger partial charge in [0.25, 0.3) is 0 Å². The van der Waals surface area contributed by atoms with Crippen molar-refractivity contribution in [2.75, 3.05) is 17.3 Å². The van der Waals surface area contributed by atoms with Gasteiger partial charge in [0.2, 0.25) is 0 Å². The molecule has 0 amide bonds. The van der Waals surface area contributed by atoms with E-state index in [1.54, 1.807) is 0 Å². The third-order valence-electron chi connectivity index (χ3n) is 2.18. The van der Waals surface area contributed by atoms with Gasteiger partial charge in [-0.1, -0.05) is 40.0 Å². The second kappa shape index (κ2) is 17.5. The van der Waals surface area contributed by atoms with Crippen molar-refractivity contribution in [2.24, 2.45) is 0 Å². The van der Waals surface area contributed by atoms with Crippen molar-refractivity contribution in [1.82, 2.24) is 0 Å². The standard InChI is InChI=1S/3C4H10OS.Al/c3*1-2-3-4-6-5;/h3*5H,2-4H2,1H3;/q;;;+3/p-3. The van der Waals surface area contributed by atoms with Crippen molar-refractivity contribution in [2.45, 2.75) is 59.3 Å². The highest BCUT2D eigenvalue weighted by atomic mass is 32.2. The number of hydrogen-bond donors (Lipinski definition) is 0. The predicted molar refractivity (Wildman–Crippen MR) is 91.1 cm³/mol. The Balaban J connectivity index is 3.66. The highest BCUT2D eigenvalue weighted by molar-refractivity contribution is 7.98. The summed E-state index contributed by atoms with van der Waals surface area (Å²) in [5, 5.41) is 0. The predicted octanol–water partition coefficient (Wildman–Crippen LogP) is 5.37. The summed E-state index contributed by atoms with van der Waals surface area (Å²) in [7, 11) is 0. The molecule has 0 atom stereocenters. The summed E-state index contributed by atoms with van der Waals surface area (Å²) in [6.07, 6.45) is 7.12. The van der Waals surface area contributed by atoms with Gasteiger partial charge in [-0.15, -0.1) is 0 Å². The molecule has 0 bridgehead atoms. The molecule has 0 aromatic rings. The second-order valence-corrected chi connectivity index (χ2v) is 8.92. The minimum atomic E-state index is -1.97. The summed E-state index contributed by atoms with van der Waals surface area (Å²) < 4.78 is 17.0. The van der Waals surface area contributed by atoms with Crippen LogP contribution < -0.4 is 0 Å². The van der Waals surface area contributed by atoms with Crippen molar-refractivity contribution in [1.29, 1.82) is 0 Å². The van der Waals surface area contributed by atoms with Crippen LogP contribution in [-0.4, -0.2) is 32.4 Å². The van der Waals surface area contributed by atoms with Crippen molar-refractivity contribution in [3.63, 3.8) is 0 Å². The van der Waals surface area contributed by atoms with Gasteiger partial charge in [0.05, 0.1) is 0 Å². The number of hydrogen-bond acceptors (Lipinski definition) is 6. The molecule has 0 aliphatic carbocycles. The SMILES string of the molecule is CCCCS[O][Al]([O]SCCCC)[O]SCCCC. The molecule has 3 nitrogen and oxygen atoms in total. The first-order valence-electron chi connectivity index (χ1n) is 7.19. The highest BCUT2D eigenvalue weighted by Gasteiger charge is 2.33. The molecule has 0 radical (unpaired) electrons. The first-order valence-corrected chi connectivity index (χ1v) is 11.3. The molecular formula is C12H27AlO3S3. The summed E-state index contributed by atoms with van der Waals surface area (Å²) in [5.74, 6) is 3.06. The maximum Gasteiger partial charge on any atom is 0.941 e. The summed E-state index contributed by atoms with van der Waals surface area (Å²) >= 11 is 2.52. The van der Waals surface area contributed by atoms with Gasteiger partial charge in [0.15, 0.2) is 0 Å². The van der Waals surface area contributed by atoms with Crippen LogP contribution in [-0.2, 0) is 9.70 Å². The molecule has 114 valence electrons. The fourth-order valence-electron chi connectivity index (χ4n) is 0.969. The maximum atomic E-state index is 5.67. The van der Waals surface area contributed by atoms with E-state index in [1.165, 1.54) is 74.7 Å². The molecule has 19 heavy (non-hydrogen) atoms. The molecule has 0 rings (SSSR count). The van der Waals surface area contributed by atoms with E-state index in [0.717, 1.165) is 17.3 Å². The Hall–Kier alpha value is 1.46. The molecular weight excluding hydrogens is 315 g/mol. The van der Waals surface area contributed by atoms with Crippen LogP contribution in [0.15, 0.2) is 0 Å². The van der Waals surface area contributed by atoms with Crippen LogP contribution in [0.25, 0.3) is 0 Å². The van der Waals surface area contributed by atoms with E-state index in [1.807, 2.05) is 0 Å². The van der Waals surface area contributed by atoms with Crippen LogP contribution in [0.2, 0.25) is 0 Å². The van der Waals surface area contributed by atoms with Crippen LogP contribution in [0.5, 0.6) is 0 Å². The Kier molecular flexibility index (Phi) is 18.9. The summed E-state index contributed by atoms with van der Waals surface area (Å²) in [5.41, 5.74) is 0. The molecule has 0 spiro atoms. The minimum Gasteiger partial charge on any atom is -0.387 e. The topological polar surface area (TPSA) is 27.7 Å². The van der Waals surface area contributed by atoms with E-state index in [4.69, 9.17) is 9.70 Å². The van der Waals surface area contributed by atoms with E-state index in [9.17, 15) is 0 Å². The van der Waals surface area contributed by atoms with Gasteiger partial charge in [0.1, 0.15) is 0 Å². The van der Waals surface area contributed by atoms with Gasteiger partial charge in [-0.3, -0.25) is 0 Å². The molecule has 0 unspecified atom stereocenters. The first kappa shape index (κ1) is 20.5. The average molecular weight is 343 g/mol. The zero-order valence-electron chi connectivity index (χ0n) is 12.4. The van der Waals surface area contributed by atoms with Crippen molar-refractivity contribution in [3.8, 4) is 0 Å². The Labute approximate surface area is 137 Å². The lowest BCUT2D eigenvalue weighted by Crippen LogP contribution is -2.19. The molecule has 0 aliphatic heterocycles. The zero-order chi connectivity index (χ0) is 14.2. The third kappa shape index (κ3) is 15.7. The molecule has 0 aliphatic rings. The van der Waals surface area contributed by atoms with Crippen molar-refractivity contribution < 1.29 is 9.70 Å². The van der Waals surface area contributed by atoms with Crippen molar-refractivity contribution in [3.05, 3.63) is 0 Å². The van der Waals surface area contributed by atoms with Crippen LogP contribution in [0.1, 0.15) is 59.3 Å². The maximum absolute atomic E-state index is 5.67.